The smallest absolute Gasteiger partial charge is 0.427 e. The minimum atomic E-state index is -0.218. The van der Waals surface area contributed by atoms with Gasteiger partial charge in [0.2, 0.25) is 0 Å². The van der Waals surface area contributed by atoms with E-state index in [4.69, 9.17) is 4.65 Å². The predicted octanol–water partition coefficient (Wildman–Crippen LogP) is 10.1. The molecule has 0 atom stereocenters. The average molecular weight is 629 g/mol. The average Bonchev–Trinajstić information content (AvgIpc) is 3.49. The molecule has 49 heavy (non-hydrogen) atoms. The zero-order valence-electron chi connectivity index (χ0n) is 27.5. The Morgan fingerprint density at radius 1 is 0.510 bits per heavy atom. The van der Waals surface area contributed by atoms with Crippen LogP contribution in [0.1, 0.15) is 25.0 Å². The molecule has 8 aromatic rings. The van der Waals surface area contributed by atoms with Crippen LogP contribution in [0.5, 0.6) is 5.75 Å². The topological polar surface area (TPSA) is 17.4 Å². The van der Waals surface area contributed by atoms with Gasteiger partial charge in [0.1, 0.15) is 5.75 Å². The highest BCUT2D eigenvalue weighted by Gasteiger charge is 2.38. The number of rotatable bonds is 3. The zero-order chi connectivity index (χ0) is 32.7. The van der Waals surface area contributed by atoms with Gasteiger partial charge < -0.3 is 14.1 Å². The molecule has 0 N–H and O–H groups in total. The van der Waals surface area contributed by atoms with Crippen molar-refractivity contribution in [2.45, 2.75) is 19.3 Å². The van der Waals surface area contributed by atoms with Gasteiger partial charge in [-0.05, 0) is 82.2 Å². The van der Waals surface area contributed by atoms with Crippen molar-refractivity contribution in [3.05, 3.63) is 175 Å². The van der Waals surface area contributed by atoms with Crippen LogP contribution in [-0.4, -0.2) is 11.5 Å². The second-order valence-electron chi connectivity index (χ2n) is 13.7. The molecular formula is C45H33BN2O. The van der Waals surface area contributed by atoms with Gasteiger partial charge in [0.25, 0.3) is 0 Å². The molecule has 0 fully saturated rings. The summed E-state index contributed by atoms with van der Waals surface area (Å²) in [6.45, 7) is 4.55. The Morgan fingerprint density at radius 3 is 1.94 bits per heavy atom. The molecule has 1 aromatic heterocycles. The number of anilines is 3. The van der Waals surface area contributed by atoms with Gasteiger partial charge in [-0.15, -0.1) is 0 Å². The molecule has 2 aliphatic heterocycles. The molecule has 0 saturated carbocycles. The Morgan fingerprint density at radius 2 is 1.14 bits per heavy atom. The molecule has 4 heteroatoms. The molecule has 0 saturated heterocycles. The molecule has 3 nitrogen and oxygen atoms in total. The van der Waals surface area contributed by atoms with Crippen molar-refractivity contribution in [1.29, 1.82) is 0 Å². The Bertz CT molecular complexity index is 2530. The van der Waals surface area contributed by atoms with Crippen LogP contribution in [-0.2, 0) is 5.41 Å². The third kappa shape index (κ3) is 4.10. The minimum absolute atomic E-state index is 0.172. The predicted molar refractivity (Wildman–Crippen MR) is 205 cm³/mol. The van der Waals surface area contributed by atoms with E-state index in [1.165, 1.54) is 61.0 Å². The Labute approximate surface area is 286 Å². The largest absolute Gasteiger partial charge is 0.551 e. The molecule has 232 valence electrons. The van der Waals surface area contributed by atoms with Gasteiger partial charge in [0.15, 0.2) is 0 Å². The van der Waals surface area contributed by atoms with Crippen LogP contribution in [0, 0.1) is 0 Å². The number of nitrogens with zero attached hydrogens (tertiary/aromatic N) is 2. The summed E-state index contributed by atoms with van der Waals surface area (Å²) in [4.78, 5) is 2.46. The summed E-state index contributed by atoms with van der Waals surface area (Å²) in [7, 11) is 0. The number of aromatic nitrogens is 1. The van der Waals surface area contributed by atoms with Crippen LogP contribution in [0.25, 0.3) is 38.6 Å². The third-order valence-electron chi connectivity index (χ3n) is 10.7. The highest BCUT2D eigenvalue weighted by Crippen LogP contribution is 2.53. The van der Waals surface area contributed by atoms with Crippen LogP contribution in [0.3, 0.4) is 0 Å². The lowest BCUT2D eigenvalue weighted by molar-refractivity contribution is 0.590. The van der Waals surface area contributed by atoms with Crippen LogP contribution >= 0.6 is 0 Å². The minimum Gasteiger partial charge on any atom is -0.551 e. The summed E-state index contributed by atoms with van der Waals surface area (Å²) in [5.74, 6) is 0.914. The molecule has 2 aliphatic rings. The van der Waals surface area contributed by atoms with E-state index in [0.717, 1.165) is 22.5 Å². The fraction of sp³-hybridized carbons (Fsp3) is 0.0667. The number of para-hydroxylation sites is 4. The summed E-state index contributed by atoms with van der Waals surface area (Å²) in [6, 6.07) is 59.3. The molecule has 0 unspecified atom stereocenters. The summed E-state index contributed by atoms with van der Waals surface area (Å²) in [5, 5.41) is 2.54. The standard InChI is InChI=1S/C45H33BN2O/c1-45(2)37-19-9-12-22-42(37)48(31-24-26-39-36(28-31)35-18-8-13-23-44(35)49-46(39)30-14-4-3-5-15-30)43-27-25-32(29-38(43)45)47-40-20-10-6-16-33(40)34-17-7-11-21-41(34)47/h3-29H,1-2H3. The quantitative estimate of drug-likeness (QED) is 0.181. The van der Waals surface area contributed by atoms with Crippen molar-refractivity contribution in [2.75, 3.05) is 4.90 Å². The van der Waals surface area contributed by atoms with E-state index in [2.05, 4.69) is 187 Å². The lowest BCUT2D eigenvalue weighted by Crippen LogP contribution is -2.50. The first kappa shape index (κ1) is 28.1. The molecule has 0 bridgehead atoms. The van der Waals surface area contributed by atoms with Crippen molar-refractivity contribution in [3.63, 3.8) is 0 Å². The van der Waals surface area contributed by atoms with Crippen molar-refractivity contribution < 1.29 is 4.65 Å². The lowest BCUT2D eigenvalue weighted by atomic mass is 9.52. The maximum atomic E-state index is 6.66. The van der Waals surface area contributed by atoms with Gasteiger partial charge in [-0.3, -0.25) is 0 Å². The fourth-order valence-electron chi connectivity index (χ4n) is 8.31. The Kier molecular flexibility index (Phi) is 6.01. The van der Waals surface area contributed by atoms with Gasteiger partial charge in [-0.2, -0.15) is 0 Å². The number of fused-ring (bicyclic) bond motifs is 8. The van der Waals surface area contributed by atoms with Crippen molar-refractivity contribution in [1.82, 2.24) is 4.57 Å². The molecule has 7 aromatic carbocycles. The number of hydrogen-bond donors (Lipinski definition) is 0. The first-order valence-corrected chi connectivity index (χ1v) is 17.1. The summed E-state index contributed by atoms with van der Waals surface area (Å²) in [5.41, 5.74) is 14.2. The molecule has 0 aliphatic carbocycles. The van der Waals surface area contributed by atoms with Crippen molar-refractivity contribution in [2.24, 2.45) is 0 Å². The van der Waals surface area contributed by atoms with E-state index in [-0.39, 0.29) is 12.3 Å². The van der Waals surface area contributed by atoms with Crippen LogP contribution in [0.2, 0.25) is 0 Å². The molecular weight excluding hydrogens is 595 g/mol. The van der Waals surface area contributed by atoms with E-state index in [0.29, 0.717) is 0 Å². The van der Waals surface area contributed by atoms with Crippen LogP contribution in [0.4, 0.5) is 17.1 Å². The summed E-state index contributed by atoms with van der Waals surface area (Å²) < 4.78 is 9.09. The molecule has 3 heterocycles. The van der Waals surface area contributed by atoms with Gasteiger partial charge in [0, 0.05) is 33.1 Å². The van der Waals surface area contributed by atoms with Gasteiger partial charge in [-0.1, -0.05) is 123 Å². The first-order valence-electron chi connectivity index (χ1n) is 17.1. The van der Waals surface area contributed by atoms with Gasteiger partial charge in [-0.25, -0.2) is 0 Å². The van der Waals surface area contributed by atoms with E-state index < -0.39 is 0 Å². The van der Waals surface area contributed by atoms with Gasteiger partial charge in [0.05, 0.1) is 22.4 Å². The van der Waals surface area contributed by atoms with E-state index >= 15 is 0 Å². The maximum absolute atomic E-state index is 6.66. The highest BCUT2D eigenvalue weighted by atomic mass is 16.4. The zero-order valence-corrected chi connectivity index (χ0v) is 27.5. The number of hydrogen-bond acceptors (Lipinski definition) is 2. The third-order valence-corrected chi connectivity index (χ3v) is 10.7. The molecule has 10 rings (SSSR count). The summed E-state index contributed by atoms with van der Waals surface area (Å²) in [6.07, 6.45) is 0. The lowest BCUT2D eigenvalue weighted by Gasteiger charge is -2.42. The Hall–Kier alpha value is -6.00. The second kappa shape index (κ2) is 10.5. The second-order valence-corrected chi connectivity index (χ2v) is 13.7. The van der Waals surface area contributed by atoms with Crippen molar-refractivity contribution >= 4 is 56.7 Å². The van der Waals surface area contributed by atoms with Crippen LogP contribution in [0.15, 0.2) is 164 Å². The molecule has 0 radical (unpaired) electrons. The van der Waals surface area contributed by atoms with E-state index in [1.807, 2.05) is 0 Å². The van der Waals surface area contributed by atoms with E-state index in [9.17, 15) is 0 Å². The highest BCUT2D eigenvalue weighted by molar-refractivity contribution is 6.82. The maximum Gasteiger partial charge on any atom is 0.427 e. The fourth-order valence-corrected chi connectivity index (χ4v) is 8.31. The van der Waals surface area contributed by atoms with Gasteiger partial charge >= 0.3 is 6.92 Å². The molecule has 0 spiro atoms. The normalized spacial score (nSPS) is 14.2. The molecule has 0 amide bonds. The first-order chi connectivity index (χ1) is 24.1. The van der Waals surface area contributed by atoms with Crippen LogP contribution < -0.4 is 20.5 Å². The summed E-state index contributed by atoms with van der Waals surface area (Å²) >= 11 is 0. The Balaban J connectivity index is 1.19. The SMILES string of the molecule is CC1(C)c2ccccc2N(c2ccc3c(c2)-c2ccccc2OB3c2ccccc2)c2ccc(-n3c4ccccc4c4ccccc43)cc21. The monoisotopic (exact) mass is 628 g/mol. The van der Waals surface area contributed by atoms with Crippen molar-refractivity contribution in [3.8, 4) is 22.6 Å². The number of benzene rings is 7. The van der Waals surface area contributed by atoms with E-state index in [1.54, 1.807) is 0 Å².